The van der Waals surface area contributed by atoms with Crippen LogP contribution in [0.3, 0.4) is 0 Å². The Morgan fingerprint density at radius 3 is 2.46 bits per heavy atom. The molecule has 4 nitrogen and oxygen atoms in total. The highest BCUT2D eigenvalue weighted by Gasteiger charge is 2.25. The number of aliphatic hydroxyl groups excluding tert-OH is 1. The molecule has 0 spiro atoms. The molecule has 1 unspecified atom stereocenters. The number of hydrogen-bond donors (Lipinski definition) is 2. The fourth-order valence-corrected chi connectivity index (χ4v) is 0.699. The lowest BCUT2D eigenvalue weighted by atomic mass is 9.87. The van der Waals surface area contributed by atoms with Crippen molar-refractivity contribution in [1.82, 2.24) is 0 Å². The molecule has 0 aliphatic carbocycles. The van der Waals surface area contributed by atoms with Crippen molar-refractivity contribution in [3.8, 4) is 0 Å². The first kappa shape index (κ1) is 12.8. The van der Waals surface area contributed by atoms with Crippen LogP contribution in [0.15, 0.2) is 0 Å². The number of ether oxygens (including phenoxy) is 2. The molecule has 0 fully saturated rings. The SMILES string of the molecule is COCCOCC(O)C(C)(C)CN. The van der Waals surface area contributed by atoms with Gasteiger partial charge in [-0.1, -0.05) is 13.8 Å². The Bertz CT molecular complexity index is 128. The van der Waals surface area contributed by atoms with Gasteiger partial charge in [0.25, 0.3) is 0 Å². The van der Waals surface area contributed by atoms with Crippen LogP contribution < -0.4 is 5.73 Å². The molecule has 0 aromatic rings. The first-order valence-corrected chi connectivity index (χ1v) is 4.49. The summed E-state index contributed by atoms with van der Waals surface area (Å²) >= 11 is 0. The highest BCUT2D eigenvalue weighted by molar-refractivity contribution is 4.78. The van der Waals surface area contributed by atoms with Gasteiger partial charge in [-0.3, -0.25) is 0 Å². The molecule has 13 heavy (non-hydrogen) atoms. The molecule has 0 amide bonds. The van der Waals surface area contributed by atoms with Gasteiger partial charge in [0.1, 0.15) is 0 Å². The fraction of sp³-hybridized carbons (Fsp3) is 1.00. The third kappa shape index (κ3) is 5.21. The summed E-state index contributed by atoms with van der Waals surface area (Å²) in [6.07, 6.45) is -0.519. The maximum atomic E-state index is 9.63. The van der Waals surface area contributed by atoms with Crippen molar-refractivity contribution < 1.29 is 14.6 Å². The van der Waals surface area contributed by atoms with Gasteiger partial charge in [0.2, 0.25) is 0 Å². The first-order chi connectivity index (χ1) is 6.04. The maximum absolute atomic E-state index is 9.63. The summed E-state index contributed by atoms with van der Waals surface area (Å²) in [7, 11) is 1.61. The molecule has 0 radical (unpaired) electrons. The molecule has 4 heteroatoms. The fourth-order valence-electron chi connectivity index (χ4n) is 0.699. The lowest BCUT2D eigenvalue weighted by molar-refractivity contribution is -0.0344. The van der Waals surface area contributed by atoms with E-state index in [2.05, 4.69) is 0 Å². The monoisotopic (exact) mass is 191 g/mol. The van der Waals surface area contributed by atoms with Gasteiger partial charge < -0.3 is 20.3 Å². The van der Waals surface area contributed by atoms with E-state index in [1.54, 1.807) is 7.11 Å². The van der Waals surface area contributed by atoms with Crippen molar-refractivity contribution in [2.45, 2.75) is 20.0 Å². The smallest absolute Gasteiger partial charge is 0.0836 e. The number of methoxy groups -OCH3 is 1. The number of aliphatic hydroxyl groups is 1. The molecule has 0 aromatic carbocycles. The van der Waals surface area contributed by atoms with E-state index >= 15 is 0 Å². The minimum absolute atomic E-state index is 0.285. The molecule has 80 valence electrons. The Morgan fingerprint density at radius 1 is 1.38 bits per heavy atom. The van der Waals surface area contributed by atoms with Crippen molar-refractivity contribution in [3.05, 3.63) is 0 Å². The molecule has 3 N–H and O–H groups in total. The van der Waals surface area contributed by atoms with Crippen molar-refractivity contribution in [3.63, 3.8) is 0 Å². The third-order valence-electron chi connectivity index (χ3n) is 2.14. The van der Waals surface area contributed by atoms with E-state index in [9.17, 15) is 5.11 Å². The van der Waals surface area contributed by atoms with Gasteiger partial charge in [-0.15, -0.1) is 0 Å². The second kappa shape index (κ2) is 6.32. The van der Waals surface area contributed by atoms with Crippen LogP contribution in [0.1, 0.15) is 13.8 Å². The lowest BCUT2D eigenvalue weighted by Crippen LogP contribution is -2.39. The Kier molecular flexibility index (Phi) is 6.24. The van der Waals surface area contributed by atoms with Gasteiger partial charge in [0, 0.05) is 12.5 Å². The second-order valence-corrected chi connectivity index (χ2v) is 3.78. The Hall–Kier alpha value is -0.160. The normalized spacial score (nSPS) is 14.5. The van der Waals surface area contributed by atoms with Gasteiger partial charge >= 0.3 is 0 Å². The zero-order chi connectivity index (χ0) is 10.3. The molecule has 0 saturated heterocycles. The second-order valence-electron chi connectivity index (χ2n) is 3.78. The Labute approximate surface area is 80.0 Å². The van der Waals surface area contributed by atoms with Crippen LogP contribution >= 0.6 is 0 Å². The zero-order valence-corrected chi connectivity index (χ0v) is 8.75. The van der Waals surface area contributed by atoms with Gasteiger partial charge in [-0.05, 0) is 6.54 Å². The third-order valence-corrected chi connectivity index (χ3v) is 2.14. The molecule has 1 atom stereocenters. The van der Waals surface area contributed by atoms with Gasteiger partial charge in [-0.25, -0.2) is 0 Å². The minimum Gasteiger partial charge on any atom is -0.390 e. The van der Waals surface area contributed by atoms with E-state index in [-0.39, 0.29) is 5.41 Å². The van der Waals surface area contributed by atoms with Gasteiger partial charge in [0.05, 0.1) is 25.9 Å². The standard InChI is InChI=1S/C9H21NO3/c1-9(2,7-10)8(11)6-13-5-4-12-3/h8,11H,4-7,10H2,1-3H3. The molecule has 0 bridgehead atoms. The van der Waals surface area contributed by atoms with E-state index in [0.29, 0.717) is 26.4 Å². The first-order valence-electron chi connectivity index (χ1n) is 4.49. The van der Waals surface area contributed by atoms with Crippen LogP contribution in [-0.2, 0) is 9.47 Å². The summed E-state index contributed by atoms with van der Waals surface area (Å²) in [4.78, 5) is 0. The average molecular weight is 191 g/mol. The average Bonchev–Trinajstić information content (AvgIpc) is 2.12. The summed E-state index contributed by atoms with van der Waals surface area (Å²) < 4.78 is 10.00. The van der Waals surface area contributed by atoms with E-state index in [1.807, 2.05) is 13.8 Å². The van der Waals surface area contributed by atoms with Crippen LogP contribution in [0.5, 0.6) is 0 Å². The molecule has 0 aliphatic heterocycles. The van der Waals surface area contributed by atoms with E-state index in [4.69, 9.17) is 15.2 Å². The van der Waals surface area contributed by atoms with Crippen LogP contribution in [0.2, 0.25) is 0 Å². The lowest BCUT2D eigenvalue weighted by Gasteiger charge is -2.28. The maximum Gasteiger partial charge on any atom is 0.0836 e. The van der Waals surface area contributed by atoms with Crippen LogP contribution in [0.25, 0.3) is 0 Å². The molecule has 0 heterocycles. The molecular formula is C9H21NO3. The highest BCUT2D eigenvalue weighted by atomic mass is 16.5. The van der Waals surface area contributed by atoms with Crippen LogP contribution in [0.4, 0.5) is 0 Å². The molecule has 0 aromatic heterocycles. The van der Waals surface area contributed by atoms with E-state index < -0.39 is 6.10 Å². The van der Waals surface area contributed by atoms with E-state index in [1.165, 1.54) is 0 Å². The summed E-state index contributed by atoms with van der Waals surface area (Å²) in [5, 5.41) is 9.63. The Morgan fingerprint density at radius 2 is 2.00 bits per heavy atom. The van der Waals surface area contributed by atoms with Crippen molar-refractivity contribution >= 4 is 0 Å². The number of rotatable bonds is 7. The summed E-state index contributed by atoms with van der Waals surface area (Å²) in [5.74, 6) is 0. The van der Waals surface area contributed by atoms with Crippen molar-refractivity contribution in [2.24, 2.45) is 11.1 Å². The minimum atomic E-state index is -0.519. The molecule has 0 rings (SSSR count). The van der Waals surface area contributed by atoms with Gasteiger partial charge in [-0.2, -0.15) is 0 Å². The summed E-state index contributed by atoms with van der Waals surface area (Å²) in [6, 6.07) is 0. The predicted molar refractivity (Wildman–Crippen MR) is 51.5 cm³/mol. The molecule has 0 saturated carbocycles. The largest absolute Gasteiger partial charge is 0.390 e. The van der Waals surface area contributed by atoms with Crippen molar-refractivity contribution in [2.75, 3.05) is 33.5 Å². The van der Waals surface area contributed by atoms with Crippen LogP contribution in [-0.4, -0.2) is 44.7 Å². The van der Waals surface area contributed by atoms with Crippen molar-refractivity contribution in [1.29, 1.82) is 0 Å². The summed E-state index contributed by atoms with van der Waals surface area (Å²) in [5.41, 5.74) is 5.21. The quantitative estimate of drug-likeness (QED) is 0.556. The van der Waals surface area contributed by atoms with Gasteiger partial charge in [0.15, 0.2) is 0 Å². The zero-order valence-electron chi connectivity index (χ0n) is 8.75. The molecular weight excluding hydrogens is 170 g/mol. The summed E-state index contributed by atoms with van der Waals surface area (Å²) in [6.45, 7) is 5.65. The Balaban J connectivity index is 3.55. The highest BCUT2D eigenvalue weighted by Crippen LogP contribution is 2.18. The van der Waals surface area contributed by atoms with E-state index in [0.717, 1.165) is 0 Å². The number of nitrogens with two attached hydrogens (primary N) is 1. The topological polar surface area (TPSA) is 64.7 Å². The molecule has 0 aliphatic rings. The predicted octanol–water partition coefficient (Wildman–Crippen LogP) is -0.00480. The van der Waals surface area contributed by atoms with Crippen LogP contribution in [0, 0.1) is 5.41 Å². The number of hydrogen-bond acceptors (Lipinski definition) is 4.